The Morgan fingerprint density at radius 2 is 1.64 bits per heavy atom. The zero-order valence-corrected chi connectivity index (χ0v) is 13.0. The molecule has 0 amide bonds. The van der Waals surface area contributed by atoms with Crippen LogP contribution in [0.4, 0.5) is 0 Å². The van der Waals surface area contributed by atoms with E-state index in [1.165, 1.54) is 0 Å². The van der Waals surface area contributed by atoms with Crippen molar-refractivity contribution in [3.05, 3.63) is 72.3 Å². The van der Waals surface area contributed by atoms with Gasteiger partial charge in [0, 0.05) is 0 Å². The summed E-state index contributed by atoms with van der Waals surface area (Å²) in [6, 6.07) is 20.1. The summed E-state index contributed by atoms with van der Waals surface area (Å²) in [6.07, 6.45) is 0. The Kier molecular flexibility index (Phi) is 3.86. The normalized spacial score (nSPS) is 11.5. The summed E-state index contributed by atoms with van der Waals surface area (Å²) < 4.78 is 30.3. The largest absolute Gasteiger partial charge is 0.497 e. The van der Waals surface area contributed by atoms with Crippen LogP contribution in [0.1, 0.15) is 5.56 Å². The van der Waals surface area contributed by atoms with Crippen molar-refractivity contribution in [2.75, 3.05) is 7.11 Å². The first kappa shape index (κ1) is 14.6. The molecule has 3 rings (SSSR count). The Hall–Kier alpha value is -2.33. The van der Waals surface area contributed by atoms with Gasteiger partial charge in [0.05, 0.1) is 17.8 Å². The molecule has 0 saturated carbocycles. The number of rotatable bonds is 4. The lowest BCUT2D eigenvalue weighted by atomic mass is 10.1. The fourth-order valence-electron chi connectivity index (χ4n) is 2.43. The molecule has 0 aliphatic rings. The van der Waals surface area contributed by atoms with Crippen molar-refractivity contribution in [1.29, 1.82) is 0 Å². The first-order chi connectivity index (χ1) is 10.6. The summed E-state index contributed by atoms with van der Waals surface area (Å²) >= 11 is 0. The van der Waals surface area contributed by atoms with Crippen LogP contribution >= 0.6 is 0 Å². The molecule has 22 heavy (non-hydrogen) atoms. The van der Waals surface area contributed by atoms with Crippen molar-refractivity contribution in [3.8, 4) is 5.75 Å². The molecular formula is C18H16O3S. The molecule has 3 aromatic rings. The van der Waals surface area contributed by atoms with Crippen LogP contribution in [0.3, 0.4) is 0 Å². The summed E-state index contributed by atoms with van der Waals surface area (Å²) in [5, 5.41) is 1.96. The van der Waals surface area contributed by atoms with E-state index >= 15 is 0 Å². The SMILES string of the molecule is COc1cccc(CS(=O)(=O)c2ccc3ccccc3c2)c1. The predicted molar refractivity (Wildman–Crippen MR) is 87.8 cm³/mol. The van der Waals surface area contributed by atoms with E-state index in [-0.39, 0.29) is 5.75 Å². The Balaban J connectivity index is 1.96. The monoisotopic (exact) mass is 312 g/mol. The molecule has 3 nitrogen and oxygen atoms in total. The third-order valence-electron chi connectivity index (χ3n) is 3.57. The molecule has 0 unspecified atom stereocenters. The van der Waals surface area contributed by atoms with E-state index in [2.05, 4.69) is 0 Å². The first-order valence-corrected chi connectivity index (χ1v) is 8.58. The molecule has 0 saturated heterocycles. The van der Waals surface area contributed by atoms with Crippen molar-refractivity contribution >= 4 is 20.6 Å². The molecule has 0 radical (unpaired) electrons. The zero-order valence-electron chi connectivity index (χ0n) is 12.2. The van der Waals surface area contributed by atoms with Crippen molar-refractivity contribution in [1.82, 2.24) is 0 Å². The van der Waals surface area contributed by atoms with Crippen LogP contribution < -0.4 is 4.74 Å². The lowest BCUT2D eigenvalue weighted by molar-refractivity contribution is 0.414. The van der Waals surface area contributed by atoms with Crippen molar-refractivity contribution in [2.45, 2.75) is 10.6 Å². The second kappa shape index (κ2) is 5.81. The fourth-order valence-corrected chi connectivity index (χ4v) is 3.79. The molecule has 0 fully saturated rings. The molecule has 0 bridgehead atoms. The minimum Gasteiger partial charge on any atom is -0.497 e. The molecule has 0 aliphatic heterocycles. The lowest BCUT2D eigenvalue weighted by Gasteiger charge is -2.07. The minimum absolute atomic E-state index is 0.0391. The van der Waals surface area contributed by atoms with Crippen LogP contribution in [0.25, 0.3) is 10.8 Å². The van der Waals surface area contributed by atoms with Gasteiger partial charge in [0.15, 0.2) is 9.84 Å². The number of ether oxygens (including phenoxy) is 1. The third-order valence-corrected chi connectivity index (χ3v) is 5.26. The highest BCUT2D eigenvalue weighted by atomic mass is 32.2. The van der Waals surface area contributed by atoms with Gasteiger partial charge in [0.25, 0.3) is 0 Å². The van der Waals surface area contributed by atoms with Crippen LogP contribution in [0.2, 0.25) is 0 Å². The topological polar surface area (TPSA) is 43.4 Å². The smallest absolute Gasteiger partial charge is 0.182 e. The van der Waals surface area contributed by atoms with Gasteiger partial charge in [-0.25, -0.2) is 8.42 Å². The molecule has 0 aromatic heterocycles. The highest BCUT2D eigenvalue weighted by Crippen LogP contribution is 2.23. The maximum absolute atomic E-state index is 12.6. The van der Waals surface area contributed by atoms with Crippen LogP contribution in [0, 0.1) is 0 Å². The summed E-state index contributed by atoms with van der Waals surface area (Å²) in [5.41, 5.74) is 0.715. The van der Waals surface area contributed by atoms with E-state index in [0.29, 0.717) is 16.2 Å². The Morgan fingerprint density at radius 3 is 2.41 bits per heavy atom. The zero-order chi connectivity index (χ0) is 15.6. The van der Waals surface area contributed by atoms with Gasteiger partial charge in [0.1, 0.15) is 5.75 Å². The number of hydrogen-bond acceptors (Lipinski definition) is 3. The van der Waals surface area contributed by atoms with Crippen LogP contribution in [0.15, 0.2) is 71.6 Å². The Bertz CT molecular complexity index is 914. The van der Waals surface area contributed by atoms with Crippen molar-refractivity contribution in [3.63, 3.8) is 0 Å². The molecule has 0 atom stereocenters. The molecule has 0 heterocycles. The van der Waals surface area contributed by atoms with E-state index in [1.54, 1.807) is 43.5 Å². The van der Waals surface area contributed by atoms with E-state index < -0.39 is 9.84 Å². The second-order valence-electron chi connectivity index (χ2n) is 5.12. The molecule has 0 spiro atoms. The van der Waals surface area contributed by atoms with Crippen LogP contribution in [-0.2, 0) is 15.6 Å². The lowest BCUT2D eigenvalue weighted by Crippen LogP contribution is -2.05. The number of fused-ring (bicyclic) bond motifs is 1. The third kappa shape index (κ3) is 2.97. The Labute approximate surface area is 130 Å². The average Bonchev–Trinajstić information content (AvgIpc) is 2.54. The van der Waals surface area contributed by atoms with Gasteiger partial charge in [0.2, 0.25) is 0 Å². The fraction of sp³-hybridized carbons (Fsp3) is 0.111. The van der Waals surface area contributed by atoms with Gasteiger partial charge in [-0.3, -0.25) is 0 Å². The number of benzene rings is 3. The minimum atomic E-state index is -3.39. The highest BCUT2D eigenvalue weighted by molar-refractivity contribution is 7.90. The maximum atomic E-state index is 12.6. The van der Waals surface area contributed by atoms with Gasteiger partial charge >= 0.3 is 0 Å². The highest BCUT2D eigenvalue weighted by Gasteiger charge is 2.16. The van der Waals surface area contributed by atoms with E-state index in [4.69, 9.17) is 4.74 Å². The van der Waals surface area contributed by atoms with E-state index in [0.717, 1.165) is 10.8 Å². The van der Waals surface area contributed by atoms with Gasteiger partial charge in [-0.05, 0) is 40.6 Å². The van der Waals surface area contributed by atoms with Crippen LogP contribution in [0.5, 0.6) is 5.75 Å². The quantitative estimate of drug-likeness (QED) is 0.735. The molecule has 0 N–H and O–H groups in total. The van der Waals surface area contributed by atoms with Crippen LogP contribution in [-0.4, -0.2) is 15.5 Å². The first-order valence-electron chi connectivity index (χ1n) is 6.93. The molecule has 3 aromatic carbocycles. The molecular weight excluding hydrogens is 296 g/mol. The van der Waals surface area contributed by atoms with Gasteiger partial charge in [-0.1, -0.05) is 42.5 Å². The van der Waals surface area contributed by atoms with E-state index in [1.807, 2.05) is 30.3 Å². The van der Waals surface area contributed by atoms with Crippen molar-refractivity contribution in [2.24, 2.45) is 0 Å². The summed E-state index contributed by atoms with van der Waals surface area (Å²) in [6.45, 7) is 0. The van der Waals surface area contributed by atoms with E-state index in [9.17, 15) is 8.42 Å². The summed E-state index contributed by atoms with van der Waals surface area (Å²) in [7, 11) is -1.82. The second-order valence-corrected chi connectivity index (χ2v) is 7.11. The van der Waals surface area contributed by atoms with Gasteiger partial charge < -0.3 is 4.74 Å². The number of hydrogen-bond donors (Lipinski definition) is 0. The molecule has 0 aliphatic carbocycles. The Morgan fingerprint density at radius 1 is 0.864 bits per heavy atom. The summed E-state index contributed by atoms with van der Waals surface area (Å²) in [5.74, 6) is 0.619. The summed E-state index contributed by atoms with van der Waals surface area (Å²) in [4.78, 5) is 0.342. The maximum Gasteiger partial charge on any atom is 0.182 e. The van der Waals surface area contributed by atoms with Crippen molar-refractivity contribution < 1.29 is 13.2 Å². The average molecular weight is 312 g/mol. The number of sulfone groups is 1. The molecule has 4 heteroatoms. The van der Waals surface area contributed by atoms with Gasteiger partial charge in [-0.2, -0.15) is 0 Å². The standard InChI is InChI=1S/C18H16O3S/c1-21-17-8-4-5-14(11-17)13-22(19,20)18-10-9-15-6-2-3-7-16(15)12-18/h2-12H,13H2,1H3. The number of methoxy groups -OCH3 is 1. The van der Waals surface area contributed by atoms with Gasteiger partial charge in [-0.15, -0.1) is 0 Å². The predicted octanol–water partition coefficient (Wildman–Crippen LogP) is 3.82. The molecule has 112 valence electrons.